The molecule has 19 heavy (non-hydrogen) atoms. The summed E-state index contributed by atoms with van der Waals surface area (Å²) in [6.07, 6.45) is 0. The average molecular weight is 261 g/mol. The Kier molecular flexibility index (Phi) is 4.61. The largest absolute Gasteiger partial charge is 0.495 e. The second-order valence-electron chi connectivity index (χ2n) is 3.93. The van der Waals surface area contributed by atoms with Crippen molar-refractivity contribution < 1.29 is 13.9 Å². The van der Waals surface area contributed by atoms with Crippen LogP contribution >= 0.6 is 0 Å². The van der Waals surface area contributed by atoms with Crippen molar-refractivity contribution in [2.75, 3.05) is 25.6 Å². The fraction of sp³-hybridized carbons (Fsp3) is 0.200. The normalized spacial score (nSPS) is 10.0. The van der Waals surface area contributed by atoms with E-state index in [2.05, 4.69) is 5.32 Å². The van der Waals surface area contributed by atoms with Crippen LogP contribution in [0.2, 0.25) is 0 Å². The minimum atomic E-state index is -0.264. The van der Waals surface area contributed by atoms with Gasteiger partial charge in [0.15, 0.2) is 0 Å². The number of methoxy groups -OCH3 is 1. The van der Waals surface area contributed by atoms with E-state index in [1.807, 2.05) is 24.3 Å². The highest BCUT2D eigenvalue weighted by atomic mass is 19.1. The highest BCUT2D eigenvalue weighted by molar-refractivity contribution is 5.56. The second kappa shape index (κ2) is 6.64. The van der Waals surface area contributed by atoms with Crippen molar-refractivity contribution in [3.05, 3.63) is 54.3 Å². The van der Waals surface area contributed by atoms with Gasteiger partial charge in [-0.05, 0) is 36.4 Å². The lowest BCUT2D eigenvalue weighted by Crippen LogP contribution is -2.12. The monoisotopic (exact) mass is 261 g/mol. The van der Waals surface area contributed by atoms with Crippen molar-refractivity contribution in [1.29, 1.82) is 0 Å². The van der Waals surface area contributed by atoms with Crippen LogP contribution in [0.5, 0.6) is 11.5 Å². The maximum Gasteiger partial charge on any atom is 0.141 e. The molecule has 0 aliphatic heterocycles. The van der Waals surface area contributed by atoms with Gasteiger partial charge in [0.25, 0.3) is 0 Å². The second-order valence-corrected chi connectivity index (χ2v) is 3.93. The summed E-state index contributed by atoms with van der Waals surface area (Å²) in [5.74, 6) is 1.19. The Balaban J connectivity index is 1.79. The fourth-order valence-corrected chi connectivity index (χ4v) is 1.68. The van der Waals surface area contributed by atoms with E-state index in [-0.39, 0.29) is 5.82 Å². The Bertz CT molecular complexity index is 514. The molecule has 0 heterocycles. The first-order valence-corrected chi connectivity index (χ1v) is 6.05. The van der Waals surface area contributed by atoms with Gasteiger partial charge in [-0.15, -0.1) is 0 Å². The van der Waals surface area contributed by atoms with E-state index < -0.39 is 0 Å². The molecule has 4 heteroatoms. The SMILES string of the molecule is COc1ccccc1NCCOc1ccc(F)cc1. The lowest BCUT2D eigenvalue weighted by molar-refractivity contribution is 0.332. The van der Waals surface area contributed by atoms with Crippen molar-refractivity contribution in [1.82, 2.24) is 0 Å². The van der Waals surface area contributed by atoms with E-state index in [9.17, 15) is 4.39 Å². The molecule has 0 fully saturated rings. The van der Waals surface area contributed by atoms with Crippen LogP contribution in [0.25, 0.3) is 0 Å². The maximum absolute atomic E-state index is 12.7. The number of rotatable bonds is 6. The quantitative estimate of drug-likeness (QED) is 0.809. The van der Waals surface area contributed by atoms with E-state index in [1.165, 1.54) is 12.1 Å². The summed E-state index contributed by atoms with van der Waals surface area (Å²) >= 11 is 0. The first-order chi connectivity index (χ1) is 9.29. The third-order valence-corrected chi connectivity index (χ3v) is 2.61. The average Bonchev–Trinajstić information content (AvgIpc) is 2.46. The van der Waals surface area contributed by atoms with Gasteiger partial charge in [0, 0.05) is 6.54 Å². The molecule has 0 bridgehead atoms. The van der Waals surface area contributed by atoms with Gasteiger partial charge >= 0.3 is 0 Å². The molecule has 0 radical (unpaired) electrons. The highest BCUT2D eigenvalue weighted by Gasteiger charge is 2.00. The fourth-order valence-electron chi connectivity index (χ4n) is 1.68. The molecular weight excluding hydrogens is 245 g/mol. The molecule has 0 unspecified atom stereocenters. The van der Waals surface area contributed by atoms with Crippen LogP contribution in [0.3, 0.4) is 0 Å². The standard InChI is InChI=1S/C15H16FNO2/c1-18-15-5-3-2-4-14(15)17-10-11-19-13-8-6-12(16)7-9-13/h2-9,17H,10-11H2,1H3. The van der Waals surface area contributed by atoms with Crippen molar-refractivity contribution in [3.63, 3.8) is 0 Å². The summed E-state index contributed by atoms with van der Waals surface area (Å²) in [7, 11) is 1.63. The molecule has 0 aliphatic carbocycles. The lowest BCUT2D eigenvalue weighted by atomic mass is 10.3. The van der Waals surface area contributed by atoms with Crippen molar-refractivity contribution in [2.45, 2.75) is 0 Å². The molecule has 1 N–H and O–H groups in total. The maximum atomic E-state index is 12.7. The topological polar surface area (TPSA) is 30.5 Å². The van der Waals surface area contributed by atoms with Crippen molar-refractivity contribution >= 4 is 5.69 Å². The van der Waals surface area contributed by atoms with E-state index in [4.69, 9.17) is 9.47 Å². The van der Waals surface area contributed by atoms with Gasteiger partial charge in [0.1, 0.15) is 23.9 Å². The number of benzene rings is 2. The van der Waals surface area contributed by atoms with Crippen LogP contribution in [0.15, 0.2) is 48.5 Å². The number of nitrogens with one attached hydrogen (secondary N) is 1. The van der Waals surface area contributed by atoms with Gasteiger partial charge < -0.3 is 14.8 Å². The zero-order valence-electron chi connectivity index (χ0n) is 10.7. The predicted molar refractivity (Wildman–Crippen MR) is 73.4 cm³/mol. The third kappa shape index (κ3) is 3.88. The molecule has 0 aromatic heterocycles. The Morgan fingerprint density at radius 2 is 1.79 bits per heavy atom. The minimum absolute atomic E-state index is 0.264. The van der Waals surface area contributed by atoms with Gasteiger partial charge in [0.05, 0.1) is 12.8 Å². The number of anilines is 1. The molecule has 0 saturated carbocycles. The van der Waals surface area contributed by atoms with Crippen molar-refractivity contribution in [2.24, 2.45) is 0 Å². The van der Waals surface area contributed by atoms with Crippen LogP contribution in [0.1, 0.15) is 0 Å². The van der Waals surface area contributed by atoms with E-state index in [0.717, 1.165) is 11.4 Å². The van der Waals surface area contributed by atoms with Crippen LogP contribution in [0, 0.1) is 5.82 Å². The molecule has 0 aliphatic rings. The predicted octanol–water partition coefficient (Wildman–Crippen LogP) is 3.33. The molecular formula is C15H16FNO2. The zero-order chi connectivity index (χ0) is 13.5. The smallest absolute Gasteiger partial charge is 0.141 e. The number of halogens is 1. The first-order valence-electron chi connectivity index (χ1n) is 6.05. The number of para-hydroxylation sites is 2. The summed E-state index contributed by atoms with van der Waals surface area (Å²) in [6.45, 7) is 1.13. The molecule has 0 spiro atoms. The first kappa shape index (κ1) is 13.2. The molecule has 2 aromatic rings. The Hall–Kier alpha value is -2.23. The number of ether oxygens (including phenoxy) is 2. The van der Waals surface area contributed by atoms with Crippen LogP contribution < -0.4 is 14.8 Å². The molecule has 3 nitrogen and oxygen atoms in total. The summed E-state index contributed by atoms with van der Waals surface area (Å²) in [5.41, 5.74) is 0.924. The molecule has 0 atom stereocenters. The number of hydrogen-bond acceptors (Lipinski definition) is 3. The van der Waals surface area contributed by atoms with Gasteiger partial charge in [-0.2, -0.15) is 0 Å². The van der Waals surface area contributed by atoms with Crippen LogP contribution in [-0.4, -0.2) is 20.3 Å². The summed E-state index contributed by atoms with van der Waals surface area (Å²) in [5, 5.41) is 3.22. The van der Waals surface area contributed by atoms with E-state index in [1.54, 1.807) is 19.2 Å². The molecule has 2 rings (SSSR count). The summed E-state index contributed by atoms with van der Waals surface area (Å²) in [4.78, 5) is 0. The van der Waals surface area contributed by atoms with Gasteiger partial charge in [0.2, 0.25) is 0 Å². The highest BCUT2D eigenvalue weighted by Crippen LogP contribution is 2.22. The zero-order valence-corrected chi connectivity index (χ0v) is 10.7. The molecule has 0 saturated heterocycles. The van der Waals surface area contributed by atoms with E-state index in [0.29, 0.717) is 18.9 Å². The molecule has 0 amide bonds. The molecule has 2 aromatic carbocycles. The van der Waals surface area contributed by atoms with Gasteiger partial charge in [-0.1, -0.05) is 12.1 Å². The molecule has 100 valence electrons. The summed E-state index contributed by atoms with van der Waals surface area (Å²) in [6, 6.07) is 13.7. The van der Waals surface area contributed by atoms with Crippen LogP contribution in [-0.2, 0) is 0 Å². The van der Waals surface area contributed by atoms with Crippen LogP contribution in [0.4, 0.5) is 10.1 Å². The summed E-state index contributed by atoms with van der Waals surface area (Å²) < 4.78 is 23.4. The van der Waals surface area contributed by atoms with Gasteiger partial charge in [-0.25, -0.2) is 4.39 Å². The third-order valence-electron chi connectivity index (χ3n) is 2.61. The lowest BCUT2D eigenvalue weighted by Gasteiger charge is -2.11. The van der Waals surface area contributed by atoms with Gasteiger partial charge in [-0.3, -0.25) is 0 Å². The minimum Gasteiger partial charge on any atom is -0.495 e. The Morgan fingerprint density at radius 1 is 1.05 bits per heavy atom. The number of hydrogen-bond donors (Lipinski definition) is 1. The Morgan fingerprint density at radius 3 is 2.53 bits per heavy atom. The Labute approximate surface area is 112 Å². The van der Waals surface area contributed by atoms with E-state index >= 15 is 0 Å². The van der Waals surface area contributed by atoms with Crippen molar-refractivity contribution in [3.8, 4) is 11.5 Å².